The van der Waals surface area contributed by atoms with Crippen LogP contribution in [0.5, 0.6) is 0 Å². The zero-order valence-corrected chi connectivity index (χ0v) is 12.9. The second-order valence-corrected chi connectivity index (χ2v) is 5.36. The van der Waals surface area contributed by atoms with E-state index in [1.807, 2.05) is 0 Å². The molecule has 0 amide bonds. The molecule has 0 aliphatic carbocycles. The molecule has 3 aromatic rings. The molecule has 0 saturated carbocycles. The van der Waals surface area contributed by atoms with Crippen LogP contribution >= 0.6 is 0 Å². The molecule has 4 heterocycles. The van der Waals surface area contributed by atoms with Gasteiger partial charge in [-0.2, -0.15) is 5.10 Å². The highest BCUT2D eigenvalue weighted by Crippen LogP contribution is 2.35. The molecule has 24 heavy (non-hydrogen) atoms. The number of nitro groups is 1. The van der Waals surface area contributed by atoms with E-state index in [1.165, 1.54) is 18.5 Å². The van der Waals surface area contributed by atoms with Crippen LogP contribution in [0.3, 0.4) is 0 Å². The Labute approximate surface area is 135 Å². The summed E-state index contributed by atoms with van der Waals surface area (Å²) in [4.78, 5) is 21.1. The minimum atomic E-state index is -0.575. The molecule has 10 heteroatoms. The Morgan fingerprint density at radius 2 is 2.04 bits per heavy atom. The average molecular weight is 330 g/mol. The van der Waals surface area contributed by atoms with Crippen LogP contribution < -0.4 is 4.90 Å². The van der Waals surface area contributed by atoms with Crippen LogP contribution in [-0.2, 0) is 11.8 Å². The Morgan fingerprint density at radius 3 is 2.75 bits per heavy atom. The molecule has 0 atom stereocenters. The maximum atomic E-state index is 10.9. The second kappa shape index (κ2) is 5.57. The molecule has 0 unspecified atom stereocenters. The van der Waals surface area contributed by atoms with Crippen LogP contribution in [0.1, 0.15) is 0 Å². The van der Waals surface area contributed by atoms with Crippen LogP contribution in [-0.4, -0.2) is 51.0 Å². The lowest BCUT2D eigenvalue weighted by molar-refractivity contribution is -0.401. The van der Waals surface area contributed by atoms with Gasteiger partial charge in [0.15, 0.2) is 11.4 Å². The number of nitrogens with zero attached hydrogens (tertiary/aromatic N) is 6. The Hall–Kier alpha value is -3.01. The largest absolute Gasteiger partial charge is 0.433 e. The number of ether oxygens (including phenoxy) is 1. The van der Waals surface area contributed by atoms with Gasteiger partial charge in [-0.05, 0) is 6.07 Å². The van der Waals surface area contributed by atoms with E-state index >= 15 is 0 Å². The van der Waals surface area contributed by atoms with Crippen molar-refractivity contribution in [1.29, 1.82) is 0 Å². The summed E-state index contributed by atoms with van der Waals surface area (Å²) in [6.07, 6.45) is 1.49. The molecule has 10 nitrogen and oxygen atoms in total. The van der Waals surface area contributed by atoms with Gasteiger partial charge in [-0.3, -0.25) is 10.1 Å². The number of hydrogen-bond acceptors (Lipinski definition) is 8. The summed E-state index contributed by atoms with van der Waals surface area (Å²) in [6, 6.07) is 2.85. The number of furan rings is 1. The van der Waals surface area contributed by atoms with Gasteiger partial charge in [0, 0.05) is 20.1 Å². The molecule has 0 radical (unpaired) electrons. The Balaban J connectivity index is 1.90. The lowest BCUT2D eigenvalue weighted by Crippen LogP contribution is -2.36. The number of aryl methyl sites for hydroxylation is 1. The van der Waals surface area contributed by atoms with Gasteiger partial charge in [-0.25, -0.2) is 14.6 Å². The minimum Gasteiger partial charge on any atom is -0.399 e. The summed E-state index contributed by atoms with van der Waals surface area (Å²) in [5, 5.41) is 16.0. The Kier molecular flexibility index (Phi) is 3.38. The van der Waals surface area contributed by atoms with E-state index in [4.69, 9.17) is 9.15 Å². The molecule has 1 aliphatic heterocycles. The topological polar surface area (TPSA) is 112 Å². The summed E-state index contributed by atoms with van der Waals surface area (Å²) in [6.45, 7) is 2.65. The fourth-order valence-electron chi connectivity index (χ4n) is 2.81. The van der Waals surface area contributed by atoms with Crippen LogP contribution in [0.2, 0.25) is 0 Å². The molecule has 0 aromatic carbocycles. The SMILES string of the molecule is Cn1nc(-c2ccc([N+](=O)[O-])o2)c2c(N3CCOCC3)ncnc21. The number of morpholine rings is 1. The van der Waals surface area contributed by atoms with Gasteiger partial charge in [-0.15, -0.1) is 0 Å². The van der Waals surface area contributed by atoms with Gasteiger partial charge in [0.1, 0.15) is 22.8 Å². The van der Waals surface area contributed by atoms with E-state index in [0.717, 1.165) is 5.82 Å². The average Bonchev–Trinajstić information content (AvgIpc) is 3.21. The van der Waals surface area contributed by atoms with Gasteiger partial charge >= 0.3 is 5.88 Å². The lowest BCUT2D eigenvalue weighted by Gasteiger charge is -2.28. The van der Waals surface area contributed by atoms with E-state index in [2.05, 4.69) is 20.0 Å². The first-order valence-corrected chi connectivity index (χ1v) is 7.40. The molecular weight excluding hydrogens is 316 g/mol. The third-order valence-electron chi connectivity index (χ3n) is 3.92. The second-order valence-electron chi connectivity index (χ2n) is 5.36. The van der Waals surface area contributed by atoms with Gasteiger partial charge in [0.25, 0.3) is 0 Å². The van der Waals surface area contributed by atoms with E-state index in [1.54, 1.807) is 11.7 Å². The van der Waals surface area contributed by atoms with Gasteiger partial charge in [-0.1, -0.05) is 0 Å². The molecule has 1 fully saturated rings. The van der Waals surface area contributed by atoms with Crippen molar-refractivity contribution in [2.45, 2.75) is 0 Å². The van der Waals surface area contributed by atoms with Crippen LogP contribution in [0, 0.1) is 10.1 Å². The van der Waals surface area contributed by atoms with Gasteiger partial charge in [0.05, 0.1) is 24.7 Å². The molecule has 4 rings (SSSR count). The standard InChI is InChI=1S/C14H14N6O4/c1-18-13-11(12(17-18)9-2-3-10(24-9)20(21)22)14(16-8-15-13)19-4-6-23-7-5-19/h2-3,8H,4-7H2,1H3. The fraction of sp³-hybridized carbons (Fsp3) is 0.357. The first kappa shape index (κ1) is 14.6. The number of aromatic nitrogens is 4. The first-order chi connectivity index (χ1) is 11.6. The molecule has 1 saturated heterocycles. The molecule has 0 spiro atoms. The molecular formula is C14H14N6O4. The predicted molar refractivity (Wildman–Crippen MR) is 83.7 cm³/mol. The molecule has 3 aromatic heterocycles. The molecule has 124 valence electrons. The van der Waals surface area contributed by atoms with Crippen LogP contribution in [0.15, 0.2) is 22.9 Å². The van der Waals surface area contributed by atoms with Crippen molar-refractivity contribution < 1.29 is 14.1 Å². The van der Waals surface area contributed by atoms with Crippen LogP contribution in [0.4, 0.5) is 11.7 Å². The fourth-order valence-corrected chi connectivity index (χ4v) is 2.81. The summed E-state index contributed by atoms with van der Waals surface area (Å²) in [5.74, 6) is 0.718. The summed E-state index contributed by atoms with van der Waals surface area (Å²) < 4.78 is 12.3. The highest BCUT2D eigenvalue weighted by atomic mass is 16.6. The lowest BCUT2D eigenvalue weighted by atomic mass is 10.2. The van der Waals surface area contributed by atoms with E-state index in [9.17, 15) is 10.1 Å². The number of anilines is 1. The normalized spacial score (nSPS) is 15.1. The zero-order valence-electron chi connectivity index (χ0n) is 12.9. The van der Waals surface area contributed by atoms with Crippen molar-refractivity contribution in [2.75, 3.05) is 31.2 Å². The minimum absolute atomic E-state index is 0.316. The quantitative estimate of drug-likeness (QED) is 0.523. The van der Waals surface area contributed by atoms with E-state index in [0.29, 0.717) is 48.8 Å². The maximum Gasteiger partial charge on any atom is 0.433 e. The maximum absolute atomic E-state index is 10.9. The number of hydrogen-bond donors (Lipinski definition) is 0. The number of rotatable bonds is 3. The van der Waals surface area contributed by atoms with Crippen molar-refractivity contribution in [3.8, 4) is 11.5 Å². The van der Waals surface area contributed by atoms with Crippen molar-refractivity contribution in [1.82, 2.24) is 19.7 Å². The Morgan fingerprint density at radius 1 is 1.25 bits per heavy atom. The molecule has 0 N–H and O–H groups in total. The highest BCUT2D eigenvalue weighted by molar-refractivity contribution is 5.98. The van der Waals surface area contributed by atoms with Crippen molar-refractivity contribution in [3.05, 3.63) is 28.6 Å². The summed E-state index contributed by atoms with van der Waals surface area (Å²) in [7, 11) is 1.76. The van der Waals surface area contributed by atoms with Crippen molar-refractivity contribution in [3.63, 3.8) is 0 Å². The van der Waals surface area contributed by atoms with Crippen molar-refractivity contribution >= 4 is 22.7 Å². The summed E-state index contributed by atoms with van der Waals surface area (Å²) in [5.41, 5.74) is 1.13. The first-order valence-electron chi connectivity index (χ1n) is 7.40. The predicted octanol–water partition coefficient (Wildman–Crippen LogP) is 1.37. The van der Waals surface area contributed by atoms with E-state index < -0.39 is 4.92 Å². The van der Waals surface area contributed by atoms with Gasteiger partial charge in [0.2, 0.25) is 0 Å². The molecule has 0 bridgehead atoms. The monoisotopic (exact) mass is 330 g/mol. The molecule has 1 aliphatic rings. The van der Waals surface area contributed by atoms with Crippen LogP contribution in [0.25, 0.3) is 22.5 Å². The third-order valence-corrected chi connectivity index (χ3v) is 3.92. The van der Waals surface area contributed by atoms with Crippen molar-refractivity contribution in [2.24, 2.45) is 7.05 Å². The van der Waals surface area contributed by atoms with Gasteiger partial charge < -0.3 is 14.1 Å². The number of fused-ring (bicyclic) bond motifs is 1. The van der Waals surface area contributed by atoms with E-state index in [-0.39, 0.29) is 5.88 Å². The highest BCUT2D eigenvalue weighted by Gasteiger charge is 2.24. The summed E-state index contributed by atoms with van der Waals surface area (Å²) >= 11 is 0. The Bertz CT molecular complexity index is 911. The smallest absolute Gasteiger partial charge is 0.399 e. The zero-order chi connectivity index (χ0) is 16.7. The third kappa shape index (κ3) is 2.27.